The first-order chi connectivity index (χ1) is 15.4. The topological polar surface area (TPSA) is 91.1 Å². The Morgan fingerprint density at radius 2 is 1.91 bits per heavy atom. The number of carboxylic acids is 1. The Hall–Kier alpha value is -2.98. The average Bonchev–Trinajstić information content (AvgIpc) is 3.26. The number of ether oxygens (including phenoxy) is 1. The normalized spacial score (nSPS) is 16.1. The Bertz CT molecular complexity index is 1100. The summed E-state index contributed by atoms with van der Waals surface area (Å²) in [6, 6.07) is 12.9. The summed E-state index contributed by atoms with van der Waals surface area (Å²) in [4.78, 5) is 14.9. The Morgan fingerprint density at radius 1 is 1.16 bits per heavy atom. The Balaban J connectivity index is 1.36. The van der Waals surface area contributed by atoms with Crippen molar-refractivity contribution in [1.29, 1.82) is 0 Å². The van der Waals surface area contributed by atoms with Gasteiger partial charge in [-0.25, -0.2) is 13.9 Å². The summed E-state index contributed by atoms with van der Waals surface area (Å²) in [6.07, 6.45) is 0.392. The van der Waals surface area contributed by atoms with Gasteiger partial charge in [-0.2, -0.15) is 5.10 Å². The molecule has 10 heteroatoms. The van der Waals surface area contributed by atoms with E-state index in [1.54, 1.807) is 35.2 Å². The van der Waals surface area contributed by atoms with Crippen molar-refractivity contribution in [3.05, 3.63) is 76.8 Å². The first-order valence-electron chi connectivity index (χ1n) is 10.0. The predicted molar refractivity (Wildman–Crippen MR) is 115 cm³/mol. The molecule has 1 aliphatic rings. The van der Waals surface area contributed by atoms with E-state index in [0.717, 1.165) is 5.56 Å². The number of aliphatic hydroxyl groups is 1. The molecular formula is C22H22ClFN4O4. The van der Waals surface area contributed by atoms with Crippen molar-refractivity contribution in [2.24, 2.45) is 0 Å². The SMILES string of the molecule is O=C(O)c1ccn([C@H](O)N2CCN(Cc3cc(F)cc(Oc4ccccc4Cl)c3)CC2)n1. The van der Waals surface area contributed by atoms with Gasteiger partial charge in [-0.1, -0.05) is 23.7 Å². The highest BCUT2D eigenvalue weighted by molar-refractivity contribution is 6.32. The van der Waals surface area contributed by atoms with Crippen LogP contribution in [-0.2, 0) is 6.54 Å². The molecular weight excluding hydrogens is 439 g/mol. The number of halogens is 2. The molecule has 1 saturated heterocycles. The number of hydrogen-bond acceptors (Lipinski definition) is 6. The van der Waals surface area contributed by atoms with Crippen LogP contribution in [0.1, 0.15) is 22.4 Å². The van der Waals surface area contributed by atoms with Crippen molar-refractivity contribution in [3.8, 4) is 11.5 Å². The minimum atomic E-state index is -1.14. The summed E-state index contributed by atoms with van der Waals surface area (Å²) < 4.78 is 21.2. The van der Waals surface area contributed by atoms with Crippen LogP contribution in [0.15, 0.2) is 54.7 Å². The molecule has 2 aromatic carbocycles. The fourth-order valence-electron chi connectivity index (χ4n) is 3.58. The minimum Gasteiger partial charge on any atom is -0.476 e. The molecule has 0 saturated carbocycles. The number of nitrogens with zero attached hydrogens (tertiary/aromatic N) is 4. The van der Waals surface area contributed by atoms with E-state index in [9.17, 15) is 14.3 Å². The lowest BCUT2D eigenvalue weighted by Gasteiger charge is -2.37. The maximum Gasteiger partial charge on any atom is 0.356 e. The van der Waals surface area contributed by atoms with Gasteiger partial charge in [0, 0.05) is 45.0 Å². The number of aliphatic hydroxyl groups excluding tert-OH is 1. The standard InChI is InChI=1S/C22H22ClFN4O4/c23-18-3-1-2-4-20(18)32-17-12-15(11-16(24)13-17)14-26-7-9-27(10-8-26)22(31)28-6-5-19(25-28)21(29)30/h1-6,11-13,22,31H,7-10,14H2,(H,29,30)/t22-/m1/s1. The molecule has 2 N–H and O–H groups in total. The number of carboxylic acid groups (broad SMARTS) is 1. The third-order valence-corrected chi connectivity index (χ3v) is 5.51. The molecule has 1 atom stereocenters. The van der Waals surface area contributed by atoms with Crippen LogP contribution in [0.4, 0.5) is 4.39 Å². The van der Waals surface area contributed by atoms with Gasteiger partial charge in [0.15, 0.2) is 5.69 Å². The largest absolute Gasteiger partial charge is 0.476 e. The molecule has 32 heavy (non-hydrogen) atoms. The first-order valence-corrected chi connectivity index (χ1v) is 10.4. The molecule has 3 aromatic rings. The van der Waals surface area contributed by atoms with E-state index in [0.29, 0.717) is 49.2 Å². The number of carbonyl (C=O) groups is 1. The predicted octanol–water partition coefficient (Wildman–Crippen LogP) is 3.43. The fourth-order valence-corrected chi connectivity index (χ4v) is 3.76. The molecule has 0 unspecified atom stereocenters. The van der Waals surface area contributed by atoms with Crippen molar-refractivity contribution in [2.45, 2.75) is 12.9 Å². The summed E-state index contributed by atoms with van der Waals surface area (Å²) >= 11 is 6.12. The summed E-state index contributed by atoms with van der Waals surface area (Å²) in [5, 5.41) is 23.8. The molecule has 0 radical (unpaired) electrons. The third kappa shape index (κ3) is 5.25. The summed E-state index contributed by atoms with van der Waals surface area (Å²) in [6.45, 7) is 2.89. The van der Waals surface area contributed by atoms with Gasteiger partial charge in [-0.15, -0.1) is 0 Å². The number of aromatic nitrogens is 2. The monoisotopic (exact) mass is 460 g/mol. The summed E-state index contributed by atoms with van der Waals surface area (Å²) in [7, 11) is 0. The number of aromatic carboxylic acids is 1. The lowest BCUT2D eigenvalue weighted by Crippen LogP contribution is -2.48. The average molecular weight is 461 g/mol. The molecule has 8 nitrogen and oxygen atoms in total. The van der Waals surface area contributed by atoms with E-state index in [1.807, 2.05) is 0 Å². The zero-order valence-corrected chi connectivity index (χ0v) is 17.8. The van der Waals surface area contributed by atoms with E-state index in [-0.39, 0.29) is 5.69 Å². The van der Waals surface area contributed by atoms with Crippen LogP contribution in [-0.4, -0.2) is 61.9 Å². The molecule has 1 aliphatic heterocycles. The quantitative estimate of drug-likeness (QED) is 0.558. The summed E-state index contributed by atoms with van der Waals surface area (Å²) in [5.41, 5.74) is 0.642. The van der Waals surface area contributed by atoms with E-state index in [1.165, 1.54) is 29.1 Å². The Labute approximate surface area is 189 Å². The van der Waals surface area contributed by atoms with E-state index in [4.69, 9.17) is 21.4 Å². The van der Waals surface area contributed by atoms with Crippen molar-refractivity contribution in [1.82, 2.24) is 19.6 Å². The lowest BCUT2D eigenvalue weighted by molar-refractivity contribution is -0.0835. The van der Waals surface area contributed by atoms with E-state index < -0.39 is 18.1 Å². The maximum absolute atomic E-state index is 14.2. The smallest absolute Gasteiger partial charge is 0.356 e. The molecule has 0 spiro atoms. The van der Waals surface area contributed by atoms with E-state index in [2.05, 4.69) is 10.00 Å². The lowest BCUT2D eigenvalue weighted by atomic mass is 10.1. The van der Waals surface area contributed by atoms with E-state index >= 15 is 0 Å². The van der Waals surface area contributed by atoms with Gasteiger partial charge in [0.1, 0.15) is 17.3 Å². The molecule has 0 aliphatic carbocycles. The van der Waals surface area contributed by atoms with Gasteiger partial charge in [-0.05, 0) is 35.9 Å². The second kappa shape index (κ2) is 9.66. The van der Waals surface area contributed by atoms with Gasteiger partial charge in [0.2, 0.25) is 6.35 Å². The number of piperazine rings is 1. The minimum absolute atomic E-state index is 0.122. The van der Waals surface area contributed by atoms with Gasteiger partial charge in [0.25, 0.3) is 0 Å². The number of hydrogen-bond donors (Lipinski definition) is 2. The fraction of sp³-hybridized carbons (Fsp3) is 0.273. The third-order valence-electron chi connectivity index (χ3n) is 5.20. The molecule has 0 bridgehead atoms. The number of rotatable bonds is 7. The summed E-state index contributed by atoms with van der Waals surface area (Å²) in [5.74, 6) is -0.714. The van der Waals surface area contributed by atoms with Crippen LogP contribution in [0.2, 0.25) is 5.02 Å². The number of para-hydroxylation sites is 1. The van der Waals surface area contributed by atoms with Crippen molar-refractivity contribution < 1.29 is 24.1 Å². The van der Waals surface area contributed by atoms with Crippen LogP contribution in [0.25, 0.3) is 0 Å². The molecule has 2 heterocycles. The molecule has 168 valence electrons. The van der Waals surface area contributed by atoms with Crippen molar-refractivity contribution in [3.63, 3.8) is 0 Å². The zero-order valence-electron chi connectivity index (χ0n) is 17.1. The highest BCUT2D eigenvalue weighted by Gasteiger charge is 2.24. The molecule has 1 aromatic heterocycles. The number of benzene rings is 2. The van der Waals surface area contributed by atoms with Gasteiger partial charge < -0.3 is 14.9 Å². The molecule has 0 amide bonds. The van der Waals surface area contributed by atoms with Gasteiger partial charge in [-0.3, -0.25) is 9.80 Å². The van der Waals surface area contributed by atoms with Crippen molar-refractivity contribution in [2.75, 3.05) is 26.2 Å². The Kier molecular flexibility index (Phi) is 6.71. The molecule has 4 rings (SSSR count). The van der Waals surface area contributed by atoms with Gasteiger partial charge in [0.05, 0.1) is 5.02 Å². The zero-order chi connectivity index (χ0) is 22.7. The second-order valence-electron chi connectivity index (χ2n) is 7.47. The first kappa shape index (κ1) is 22.2. The highest BCUT2D eigenvalue weighted by atomic mass is 35.5. The van der Waals surface area contributed by atoms with Crippen LogP contribution >= 0.6 is 11.6 Å². The highest BCUT2D eigenvalue weighted by Crippen LogP contribution is 2.30. The van der Waals surface area contributed by atoms with Crippen LogP contribution < -0.4 is 4.74 Å². The van der Waals surface area contributed by atoms with Crippen LogP contribution in [0, 0.1) is 5.82 Å². The van der Waals surface area contributed by atoms with Crippen molar-refractivity contribution >= 4 is 17.6 Å². The van der Waals surface area contributed by atoms with Crippen LogP contribution in [0.3, 0.4) is 0 Å². The second-order valence-corrected chi connectivity index (χ2v) is 7.88. The van der Waals surface area contributed by atoms with Gasteiger partial charge >= 0.3 is 5.97 Å². The Morgan fingerprint density at radius 3 is 2.59 bits per heavy atom. The maximum atomic E-state index is 14.2. The molecule has 1 fully saturated rings. The van der Waals surface area contributed by atoms with Crippen LogP contribution in [0.5, 0.6) is 11.5 Å².